The molecule has 1 aliphatic rings. The van der Waals surface area contributed by atoms with Gasteiger partial charge in [-0.3, -0.25) is 4.79 Å². The molecule has 0 bridgehead atoms. The summed E-state index contributed by atoms with van der Waals surface area (Å²) in [4.78, 5) is 28.1. The molecule has 29 heavy (non-hydrogen) atoms. The zero-order chi connectivity index (χ0) is 21.0. The Morgan fingerprint density at radius 1 is 0.862 bits per heavy atom. The summed E-state index contributed by atoms with van der Waals surface area (Å²) in [7, 11) is 0. The summed E-state index contributed by atoms with van der Waals surface area (Å²) >= 11 is 0. The summed E-state index contributed by atoms with van der Waals surface area (Å²) < 4.78 is 0. The second kappa shape index (κ2) is 8.55. The van der Waals surface area contributed by atoms with Crippen LogP contribution in [0.3, 0.4) is 0 Å². The van der Waals surface area contributed by atoms with E-state index in [0.29, 0.717) is 24.5 Å². The van der Waals surface area contributed by atoms with Gasteiger partial charge in [0.1, 0.15) is 0 Å². The van der Waals surface area contributed by atoms with Crippen molar-refractivity contribution in [3.8, 4) is 0 Å². The average Bonchev–Trinajstić information content (AvgIpc) is 2.67. The molecule has 2 N–H and O–H groups in total. The lowest BCUT2D eigenvalue weighted by Gasteiger charge is -2.38. The zero-order valence-electron chi connectivity index (χ0n) is 17.7. The molecule has 3 amide bonds. The van der Waals surface area contributed by atoms with Gasteiger partial charge < -0.3 is 20.4 Å². The molecule has 0 radical (unpaired) electrons. The summed E-state index contributed by atoms with van der Waals surface area (Å²) in [5, 5.41) is 5.66. The van der Waals surface area contributed by atoms with Gasteiger partial charge in [0.15, 0.2) is 0 Å². The number of carbonyl (C=O) groups is 2. The van der Waals surface area contributed by atoms with Crippen molar-refractivity contribution in [1.82, 2.24) is 4.90 Å². The summed E-state index contributed by atoms with van der Waals surface area (Å²) in [6, 6.07) is 15.6. The van der Waals surface area contributed by atoms with Crippen molar-refractivity contribution in [2.45, 2.75) is 33.1 Å². The van der Waals surface area contributed by atoms with Crippen LogP contribution in [0.5, 0.6) is 0 Å². The van der Waals surface area contributed by atoms with Crippen LogP contribution in [0.15, 0.2) is 48.5 Å². The first kappa shape index (κ1) is 20.7. The van der Waals surface area contributed by atoms with Gasteiger partial charge in [0.2, 0.25) is 5.91 Å². The Bertz CT molecular complexity index is 880. The molecular formula is C23H30N4O2. The van der Waals surface area contributed by atoms with Crippen molar-refractivity contribution in [2.24, 2.45) is 0 Å². The fourth-order valence-electron chi connectivity index (χ4n) is 3.61. The molecule has 1 aliphatic heterocycles. The molecule has 0 saturated carbocycles. The Balaban J connectivity index is 1.61. The molecule has 3 rings (SSSR count). The number of carbonyl (C=O) groups excluding carboxylic acids is 2. The number of rotatable bonds is 3. The van der Waals surface area contributed by atoms with Crippen LogP contribution in [0.2, 0.25) is 0 Å². The molecule has 1 saturated heterocycles. The quantitative estimate of drug-likeness (QED) is 0.816. The topological polar surface area (TPSA) is 64.7 Å². The third kappa shape index (κ3) is 5.28. The lowest BCUT2D eigenvalue weighted by molar-refractivity contribution is -0.114. The number of nitrogens with one attached hydrogen (secondary N) is 2. The fraction of sp³-hybridized carbons (Fsp3) is 0.391. The summed E-state index contributed by atoms with van der Waals surface area (Å²) in [6.45, 7) is 11.1. The van der Waals surface area contributed by atoms with Crippen LogP contribution >= 0.6 is 0 Å². The van der Waals surface area contributed by atoms with E-state index in [9.17, 15) is 9.59 Å². The number of piperazine rings is 1. The van der Waals surface area contributed by atoms with Crippen LogP contribution in [0.25, 0.3) is 0 Å². The third-order valence-electron chi connectivity index (χ3n) is 5.05. The molecule has 0 aromatic heterocycles. The van der Waals surface area contributed by atoms with Gasteiger partial charge in [-0.2, -0.15) is 0 Å². The van der Waals surface area contributed by atoms with Gasteiger partial charge in [0.25, 0.3) is 0 Å². The van der Waals surface area contributed by atoms with Gasteiger partial charge in [-0.25, -0.2) is 4.79 Å². The Morgan fingerprint density at radius 3 is 2.10 bits per heavy atom. The van der Waals surface area contributed by atoms with E-state index in [0.717, 1.165) is 13.1 Å². The Hall–Kier alpha value is -3.02. The molecule has 0 unspecified atom stereocenters. The molecule has 6 heteroatoms. The smallest absolute Gasteiger partial charge is 0.321 e. The molecule has 1 heterocycles. The Labute approximate surface area is 172 Å². The highest BCUT2D eigenvalue weighted by molar-refractivity contribution is 5.92. The van der Waals surface area contributed by atoms with E-state index in [1.165, 1.54) is 18.2 Å². The Kier molecular flexibility index (Phi) is 6.11. The largest absolute Gasteiger partial charge is 0.368 e. The molecule has 0 spiro atoms. The predicted molar refractivity (Wildman–Crippen MR) is 119 cm³/mol. The zero-order valence-corrected chi connectivity index (χ0v) is 17.7. The van der Waals surface area contributed by atoms with Gasteiger partial charge in [0.05, 0.1) is 0 Å². The van der Waals surface area contributed by atoms with E-state index in [2.05, 4.69) is 60.6 Å². The maximum Gasteiger partial charge on any atom is 0.321 e. The van der Waals surface area contributed by atoms with E-state index in [-0.39, 0.29) is 17.4 Å². The van der Waals surface area contributed by atoms with Crippen molar-refractivity contribution in [2.75, 3.05) is 41.7 Å². The van der Waals surface area contributed by atoms with E-state index in [1.54, 1.807) is 12.1 Å². The highest BCUT2D eigenvalue weighted by Crippen LogP contribution is 2.32. The molecule has 2 aromatic rings. The number of para-hydroxylation sites is 1. The first-order valence-electron chi connectivity index (χ1n) is 10.0. The predicted octanol–water partition coefficient (Wildman–Crippen LogP) is 4.30. The summed E-state index contributed by atoms with van der Waals surface area (Å²) in [5.74, 6) is -0.139. The minimum atomic E-state index is -0.139. The number of hydrogen-bond acceptors (Lipinski definition) is 3. The normalized spacial score (nSPS) is 14.5. The van der Waals surface area contributed by atoms with Gasteiger partial charge in [-0.05, 0) is 35.2 Å². The van der Waals surface area contributed by atoms with Crippen LogP contribution in [0.1, 0.15) is 33.3 Å². The van der Waals surface area contributed by atoms with Crippen LogP contribution in [-0.2, 0) is 10.2 Å². The van der Waals surface area contributed by atoms with Crippen molar-refractivity contribution in [3.63, 3.8) is 0 Å². The van der Waals surface area contributed by atoms with Crippen LogP contribution in [0.4, 0.5) is 21.9 Å². The number of benzene rings is 2. The maximum atomic E-state index is 12.7. The van der Waals surface area contributed by atoms with Crippen LogP contribution < -0.4 is 15.5 Å². The minimum Gasteiger partial charge on any atom is -0.368 e. The van der Waals surface area contributed by atoms with Crippen LogP contribution in [0, 0.1) is 0 Å². The lowest BCUT2D eigenvalue weighted by atomic mass is 9.85. The summed E-state index contributed by atoms with van der Waals surface area (Å²) in [6.07, 6.45) is 0. The van der Waals surface area contributed by atoms with Crippen molar-refractivity contribution >= 4 is 29.0 Å². The third-order valence-corrected chi connectivity index (χ3v) is 5.05. The molecule has 0 atom stereocenters. The minimum absolute atomic E-state index is 0.0734. The number of amides is 3. The molecule has 0 aliphatic carbocycles. The SMILES string of the molecule is CC(=O)Nc1cccc(NC(=O)N2CCN(c3ccccc3C(C)(C)C)CC2)c1. The molecule has 1 fully saturated rings. The number of nitrogens with zero attached hydrogens (tertiary/aromatic N) is 2. The van der Waals surface area contributed by atoms with Gasteiger partial charge >= 0.3 is 6.03 Å². The monoisotopic (exact) mass is 394 g/mol. The fourth-order valence-corrected chi connectivity index (χ4v) is 3.61. The molecular weight excluding hydrogens is 364 g/mol. The molecule has 6 nitrogen and oxygen atoms in total. The summed E-state index contributed by atoms with van der Waals surface area (Å²) in [5.41, 5.74) is 3.99. The van der Waals surface area contributed by atoms with E-state index in [4.69, 9.17) is 0 Å². The molecule has 2 aromatic carbocycles. The second-order valence-electron chi connectivity index (χ2n) is 8.43. The Morgan fingerprint density at radius 2 is 1.48 bits per heavy atom. The second-order valence-corrected chi connectivity index (χ2v) is 8.43. The number of anilines is 3. The maximum absolute atomic E-state index is 12.7. The van der Waals surface area contributed by atoms with E-state index < -0.39 is 0 Å². The van der Waals surface area contributed by atoms with Crippen LogP contribution in [-0.4, -0.2) is 43.0 Å². The van der Waals surface area contributed by atoms with E-state index >= 15 is 0 Å². The van der Waals surface area contributed by atoms with E-state index in [1.807, 2.05) is 17.0 Å². The highest BCUT2D eigenvalue weighted by atomic mass is 16.2. The average molecular weight is 395 g/mol. The highest BCUT2D eigenvalue weighted by Gasteiger charge is 2.25. The van der Waals surface area contributed by atoms with Crippen molar-refractivity contribution in [1.29, 1.82) is 0 Å². The standard InChI is InChI=1S/C23H30N4O2/c1-17(28)24-18-8-7-9-19(16-18)25-22(29)27-14-12-26(13-15-27)21-11-6-5-10-20(21)23(2,3)4/h5-11,16H,12-15H2,1-4H3,(H,24,28)(H,25,29). The van der Waals surface area contributed by atoms with Gasteiger partial charge in [0, 0.05) is 50.2 Å². The first-order chi connectivity index (χ1) is 13.7. The van der Waals surface area contributed by atoms with Crippen molar-refractivity contribution < 1.29 is 9.59 Å². The molecule has 154 valence electrons. The van der Waals surface area contributed by atoms with Gasteiger partial charge in [-0.15, -0.1) is 0 Å². The lowest BCUT2D eigenvalue weighted by Crippen LogP contribution is -2.50. The first-order valence-corrected chi connectivity index (χ1v) is 10.0. The van der Waals surface area contributed by atoms with Gasteiger partial charge in [-0.1, -0.05) is 45.0 Å². The number of urea groups is 1. The van der Waals surface area contributed by atoms with Crippen molar-refractivity contribution in [3.05, 3.63) is 54.1 Å². The number of hydrogen-bond donors (Lipinski definition) is 2.